The number of carboxylic acid groups (broad SMARTS) is 1. The van der Waals surface area contributed by atoms with Crippen molar-refractivity contribution in [2.75, 3.05) is 18.9 Å². The van der Waals surface area contributed by atoms with Crippen LogP contribution in [0.15, 0.2) is 0 Å². The van der Waals surface area contributed by atoms with Crippen molar-refractivity contribution in [1.82, 2.24) is 0 Å². The van der Waals surface area contributed by atoms with E-state index in [4.69, 9.17) is 15.6 Å². The van der Waals surface area contributed by atoms with Crippen LogP contribution in [-0.4, -0.2) is 49.8 Å². The average molecular weight is 251 g/mol. The molecule has 1 heterocycles. The van der Waals surface area contributed by atoms with Crippen LogP contribution in [0.25, 0.3) is 0 Å². The van der Waals surface area contributed by atoms with E-state index in [1.807, 2.05) is 0 Å². The van der Waals surface area contributed by atoms with Gasteiger partial charge in [0.15, 0.2) is 15.1 Å². The summed E-state index contributed by atoms with van der Waals surface area (Å²) >= 11 is 0. The minimum atomic E-state index is -3.67. The Morgan fingerprint density at radius 2 is 2.25 bits per heavy atom. The van der Waals surface area contributed by atoms with E-state index in [0.717, 1.165) is 6.42 Å². The number of sulfone groups is 1. The third kappa shape index (κ3) is 3.43. The lowest BCUT2D eigenvalue weighted by atomic mass is 10.3. The Balaban J connectivity index is 2.68. The minimum Gasteiger partial charge on any atom is -0.480 e. The molecule has 1 rings (SSSR count). The molecule has 0 amide bonds. The summed E-state index contributed by atoms with van der Waals surface area (Å²) in [6.07, 6.45) is 1.09. The molecule has 0 aromatic carbocycles. The van der Waals surface area contributed by atoms with Crippen molar-refractivity contribution in [3.63, 3.8) is 0 Å². The standard InChI is InChI=1S/C9H17NO5S/c10-4-3-8(9(11)12)16(13,14)6-7-2-1-5-15-7/h7-8H,1-6,10H2,(H,11,12). The molecule has 2 unspecified atom stereocenters. The van der Waals surface area contributed by atoms with Gasteiger partial charge in [-0.05, 0) is 25.8 Å². The molecular formula is C9H17NO5S. The van der Waals surface area contributed by atoms with Crippen LogP contribution in [0.3, 0.4) is 0 Å². The maximum Gasteiger partial charge on any atom is 0.321 e. The average Bonchev–Trinajstić information content (AvgIpc) is 2.65. The number of rotatable bonds is 6. The molecule has 6 nitrogen and oxygen atoms in total. The molecule has 0 radical (unpaired) electrons. The van der Waals surface area contributed by atoms with Gasteiger partial charge in [-0.25, -0.2) is 8.42 Å². The van der Waals surface area contributed by atoms with Crippen LogP contribution in [0.4, 0.5) is 0 Å². The predicted octanol–water partition coefficient (Wildman–Crippen LogP) is -0.618. The second-order valence-electron chi connectivity index (χ2n) is 3.87. The third-order valence-electron chi connectivity index (χ3n) is 2.58. The maximum atomic E-state index is 11.8. The molecule has 16 heavy (non-hydrogen) atoms. The lowest BCUT2D eigenvalue weighted by Crippen LogP contribution is -2.37. The zero-order valence-corrected chi connectivity index (χ0v) is 9.78. The van der Waals surface area contributed by atoms with E-state index in [1.165, 1.54) is 0 Å². The Labute approximate surface area is 94.7 Å². The van der Waals surface area contributed by atoms with Gasteiger partial charge in [0, 0.05) is 6.61 Å². The van der Waals surface area contributed by atoms with Crippen molar-refractivity contribution >= 4 is 15.8 Å². The van der Waals surface area contributed by atoms with E-state index in [-0.39, 0.29) is 24.8 Å². The fraction of sp³-hybridized carbons (Fsp3) is 0.889. The number of carboxylic acids is 1. The number of ether oxygens (including phenoxy) is 1. The monoisotopic (exact) mass is 251 g/mol. The Morgan fingerprint density at radius 1 is 1.56 bits per heavy atom. The summed E-state index contributed by atoms with van der Waals surface area (Å²) < 4.78 is 28.8. The number of hydrogen-bond acceptors (Lipinski definition) is 5. The summed E-state index contributed by atoms with van der Waals surface area (Å²) in [5.74, 6) is -1.55. The van der Waals surface area contributed by atoms with Crippen LogP contribution in [0, 0.1) is 0 Å². The summed E-state index contributed by atoms with van der Waals surface area (Å²) in [5.41, 5.74) is 5.21. The lowest BCUT2D eigenvalue weighted by molar-refractivity contribution is -0.136. The van der Waals surface area contributed by atoms with Crippen LogP contribution in [0.1, 0.15) is 19.3 Å². The lowest BCUT2D eigenvalue weighted by Gasteiger charge is -2.15. The first kappa shape index (κ1) is 13.4. The normalized spacial score (nSPS) is 23.2. The highest BCUT2D eigenvalue weighted by Gasteiger charge is 2.34. The molecule has 3 N–H and O–H groups in total. The van der Waals surface area contributed by atoms with Crippen molar-refractivity contribution in [3.05, 3.63) is 0 Å². The van der Waals surface area contributed by atoms with Crippen molar-refractivity contribution in [2.24, 2.45) is 5.73 Å². The molecule has 0 aromatic rings. The van der Waals surface area contributed by atoms with Gasteiger partial charge in [-0.15, -0.1) is 0 Å². The molecule has 2 atom stereocenters. The van der Waals surface area contributed by atoms with Crippen molar-refractivity contribution in [3.8, 4) is 0 Å². The van der Waals surface area contributed by atoms with E-state index in [0.29, 0.717) is 13.0 Å². The second-order valence-corrected chi connectivity index (χ2v) is 6.10. The molecule has 7 heteroatoms. The topological polar surface area (TPSA) is 107 Å². The quantitative estimate of drug-likeness (QED) is 0.651. The van der Waals surface area contributed by atoms with Crippen molar-refractivity contribution in [1.29, 1.82) is 0 Å². The van der Waals surface area contributed by atoms with E-state index < -0.39 is 21.1 Å². The highest BCUT2D eigenvalue weighted by atomic mass is 32.2. The largest absolute Gasteiger partial charge is 0.480 e. The highest BCUT2D eigenvalue weighted by molar-refractivity contribution is 7.92. The third-order valence-corrected chi connectivity index (χ3v) is 4.72. The van der Waals surface area contributed by atoms with Gasteiger partial charge in [0.25, 0.3) is 0 Å². The number of hydrogen-bond donors (Lipinski definition) is 2. The number of nitrogens with two attached hydrogens (primary N) is 1. The van der Waals surface area contributed by atoms with Gasteiger partial charge in [0.1, 0.15) is 0 Å². The zero-order chi connectivity index (χ0) is 12.2. The van der Waals surface area contributed by atoms with E-state index in [1.54, 1.807) is 0 Å². The van der Waals surface area contributed by atoms with Gasteiger partial charge in [-0.2, -0.15) is 0 Å². The highest BCUT2D eigenvalue weighted by Crippen LogP contribution is 2.17. The summed E-state index contributed by atoms with van der Waals surface area (Å²) in [6, 6.07) is 0. The fourth-order valence-corrected chi connectivity index (χ4v) is 3.57. The van der Waals surface area contributed by atoms with Crippen molar-refractivity contribution < 1.29 is 23.1 Å². The smallest absolute Gasteiger partial charge is 0.321 e. The van der Waals surface area contributed by atoms with E-state index in [9.17, 15) is 13.2 Å². The Bertz CT molecular complexity index is 334. The first-order valence-corrected chi connectivity index (χ1v) is 6.95. The van der Waals surface area contributed by atoms with Crippen LogP contribution in [-0.2, 0) is 19.4 Å². The number of carbonyl (C=O) groups is 1. The van der Waals surface area contributed by atoms with Crippen molar-refractivity contribution in [2.45, 2.75) is 30.6 Å². The molecule has 0 aromatic heterocycles. The van der Waals surface area contributed by atoms with Crippen LogP contribution in [0.2, 0.25) is 0 Å². The zero-order valence-electron chi connectivity index (χ0n) is 8.96. The molecule has 0 aliphatic carbocycles. The molecular weight excluding hydrogens is 234 g/mol. The Kier molecular flexibility index (Phi) is 4.69. The predicted molar refractivity (Wildman–Crippen MR) is 57.9 cm³/mol. The fourth-order valence-electron chi connectivity index (χ4n) is 1.76. The molecule has 1 saturated heterocycles. The summed E-state index contributed by atoms with van der Waals surface area (Å²) in [4.78, 5) is 10.8. The van der Waals surface area contributed by atoms with Gasteiger partial charge in [-0.1, -0.05) is 0 Å². The molecule has 0 bridgehead atoms. The van der Waals surface area contributed by atoms with E-state index >= 15 is 0 Å². The summed E-state index contributed by atoms with van der Waals surface area (Å²) in [6.45, 7) is 0.594. The number of aliphatic carboxylic acids is 1. The maximum absolute atomic E-state index is 11.8. The Morgan fingerprint density at radius 3 is 2.69 bits per heavy atom. The van der Waals surface area contributed by atoms with Gasteiger partial charge in [0.2, 0.25) is 0 Å². The second kappa shape index (κ2) is 5.60. The molecule has 94 valence electrons. The molecule has 1 aliphatic rings. The van der Waals surface area contributed by atoms with Crippen LogP contribution in [0.5, 0.6) is 0 Å². The first-order chi connectivity index (χ1) is 7.47. The summed E-state index contributed by atoms with van der Waals surface area (Å²) in [7, 11) is -3.67. The van der Waals surface area contributed by atoms with Gasteiger partial charge in [-0.3, -0.25) is 4.79 Å². The van der Waals surface area contributed by atoms with Crippen LogP contribution < -0.4 is 5.73 Å². The molecule has 0 saturated carbocycles. The first-order valence-electron chi connectivity index (χ1n) is 5.23. The summed E-state index contributed by atoms with van der Waals surface area (Å²) in [5, 5.41) is 7.44. The van der Waals surface area contributed by atoms with Gasteiger partial charge in [0.05, 0.1) is 11.9 Å². The van der Waals surface area contributed by atoms with Gasteiger partial charge < -0.3 is 15.6 Å². The molecule has 1 aliphatic heterocycles. The SMILES string of the molecule is NCCC(C(=O)O)S(=O)(=O)CC1CCCO1. The van der Waals surface area contributed by atoms with Crippen LogP contribution >= 0.6 is 0 Å². The molecule has 1 fully saturated rings. The van der Waals surface area contributed by atoms with E-state index in [2.05, 4.69) is 0 Å². The molecule has 0 spiro atoms. The minimum absolute atomic E-state index is 0.0434. The van der Waals surface area contributed by atoms with Gasteiger partial charge >= 0.3 is 5.97 Å². The Hall–Kier alpha value is -0.660.